The van der Waals surface area contributed by atoms with Crippen molar-refractivity contribution >= 4 is 39.8 Å². The number of nitrogens with one attached hydrogen (secondary N) is 2. The number of benzene rings is 1. The second-order valence-corrected chi connectivity index (χ2v) is 9.78. The van der Waals surface area contributed by atoms with Crippen molar-refractivity contribution in [1.29, 1.82) is 0 Å². The summed E-state index contributed by atoms with van der Waals surface area (Å²) in [7, 11) is -1.34. The predicted molar refractivity (Wildman–Crippen MR) is 133 cm³/mol. The molecule has 0 aromatic heterocycles. The van der Waals surface area contributed by atoms with Crippen LogP contribution in [0, 0.1) is 0 Å². The van der Waals surface area contributed by atoms with Gasteiger partial charge in [0.1, 0.15) is 0 Å². The topological polar surface area (TPSA) is 73.8 Å². The average Bonchev–Trinajstić information content (AvgIpc) is 2.68. The molecule has 1 saturated heterocycles. The molecule has 6 nitrogen and oxygen atoms in total. The predicted octanol–water partition coefficient (Wildman–Crippen LogP) is 3.04. The van der Waals surface area contributed by atoms with Crippen molar-refractivity contribution in [2.45, 2.75) is 50.8 Å². The van der Waals surface area contributed by atoms with Crippen LogP contribution in [0.5, 0.6) is 0 Å². The molecule has 8 heteroatoms. The van der Waals surface area contributed by atoms with E-state index in [-0.39, 0.29) is 35.5 Å². The van der Waals surface area contributed by atoms with Crippen molar-refractivity contribution in [2.24, 2.45) is 4.99 Å². The van der Waals surface area contributed by atoms with E-state index in [2.05, 4.69) is 27.4 Å². The molecule has 1 atom stereocenters. The molecule has 1 aromatic rings. The maximum absolute atomic E-state index is 12.2. The van der Waals surface area contributed by atoms with Crippen molar-refractivity contribution in [1.82, 2.24) is 15.5 Å². The van der Waals surface area contributed by atoms with Crippen LogP contribution >= 0.6 is 24.0 Å². The number of nitrogens with zero attached hydrogens (tertiary/aromatic N) is 2. The Bertz CT molecular complexity index is 698. The van der Waals surface area contributed by atoms with Crippen LogP contribution in [0.4, 0.5) is 0 Å². The molecule has 1 fully saturated rings. The normalized spacial score (nSPS) is 18.1. The largest absolute Gasteiger partial charge is 0.356 e. The minimum absolute atomic E-state index is 0. The quantitative estimate of drug-likeness (QED) is 0.208. The van der Waals surface area contributed by atoms with Crippen LogP contribution in [0.3, 0.4) is 0 Å². The summed E-state index contributed by atoms with van der Waals surface area (Å²) in [4.78, 5) is 6.79. The van der Waals surface area contributed by atoms with E-state index >= 15 is 0 Å². The Balaban J connectivity index is 0.00000420. The second kappa shape index (κ2) is 14.2. The molecule has 29 heavy (non-hydrogen) atoms. The van der Waals surface area contributed by atoms with Crippen molar-refractivity contribution < 1.29 is 8.42 Å². The first kappa shape index (κ1) is 26.2. The molecule has 1 aliphatic heterocycles. The van der Waals surface area contributed by atoms with Gasteiger partial charge in [-0.2, -0.15) is 0 Å². The monoisotopic (exact) mass is 536 g/mol. The second-order valence-electron chi connectivity index (χ2n) is 7.59. The Morgan fingerprint density at radius 1 is 1.14 bits per heavy atom. The van der Waals surface area contributed by atoms with E-state index in [1.54, 1.807) is 7.05 Å². The number of sulfone groups is 1. The zero-order valence-corrected chi connectivity index (χ0v) is 20.9. The van der Waals surface area contributed by atoms with E-state index < -0.39 is 9.84 Å². The van der Waals surface area contributed by atoms with Gasteiger partial charge in [-0.25, -0.2) is 8.42 Å². The third-order valence-electron chi connectivity index (χ3n) is 5.23. The van der Waals surface area contributed by atoms with Gasteiger partial charge in [0.05, 0.1) is 11.5 Å². The first-order valence-electron chi connectivity index (χ1n) is 10.4. The van der Waals surface area contributed by atoms with Gasteiger partial charge in [0.2, 0.25) is 0 Å². The molecule has 1 aliphatic rings. The lowest BCUT2D eigenvalue weighted by Crippen LogP contribution is -2.41. The number of rotatable bonds is 10. The fourth-order valence-corrected chi connectivity index (χ4v) is 5.03. The highest BCUT2D eigenvalue weighted by atomic mass is 127. The molecule has 0 spiro atoms. The Hall–Kier alpha value is -0.870. The third-order valence-corrected chi connectivity index (χ3v) is 6.92. The molecular weight excluding hydrogens is 499 g/mol. The number of guanidine groups is 1. The minimum Gasteiger partial charge on any atom is -0.356 e. The molecule has 0 radical (unpaired) electrons. The molecule has 0 aliphatic carbocycles. The van der Waals surface area contributed by atoms with Gasteiger partial charge < -0.3 is 15.5 Å². The maximum atomic E-state index is 12.2. The highest BCUT2D eigenvalue weighted by molar-refractivity contribution is 14.0. The molecule has 0 bridgehead atoms. The fraction of sp³-hybridized carbons (Fsp3) is 0.667. The van der Waals surface area contributed by atoms with Gasteiger partial charge in [-0.1, -0.05) is 36.8 Å². The Morgan fingerprint density at radius 2 is 1.83 bits per heavy atom. The Labute approximate surface area is 193 Å². The number of hydrogen-bond acceptors (Lipinski definition) is 4. The lowest BCUT2D eigenvalue weighted by atomic mass is 10.0. The van der Waals surface area contributed by atoms with E-state index in [9.17, 15) is 8.42 Å². The van der Waals surface area contributed by atoms with E-state index in [0.29, 0.717) is 19.0 Å². The number of likely N-dealkylation sites (tertiary alicyclic amines) is 1. The summed E-state index contributed by atoms with van der Waals surface area (Å²) in [6.45, 7) is 6.11. The number of halogens is 1. The average molecular weight is 537 g/mol. The summed E-state index contributed by atoms with van der Waals surface area (Å²) in [6.07, 6.45) is 5.63. The molecule has 2 rings (SSSR count). The first-order chi connectivity index (χ1) is 13.5. The molecular formula is C21H37IN4O2S. The van der Waals surface area contributed by atoms with Crippen LogP contribution in [-0.4, -0.2) is 64.3 Å². The molecule has 0 amide bonds. The van der Waals surface area contributed by atoms with Crippen LogP contribution in [0.25, 0.3) is 0 Å². The Morgan fingerprint density at radius 3 is 2.48 bits per heavy atom. The van der Waals surface area contributed by atoms with Crippen LogP contribution < -0.4 is 10.6 Å². The van der Waals surface area contributed by atoms with Gasteiger partial charge >= 0.3 is 0 Å². The van der Waals surface area contributed by atoms with Crippen LogP contribution in [0.2, 0.25) is 0 Å². The van der Waals surface area contributed by atoms with Crippen molar-refractivity contribution in [2.75, 3.05) is 39.0 Å². The Kier molecular flexibility index (Phi) is 12.8. The van der Waals surface area contributed by atoms with Crippen LogP contribution in [0.15, 0.2) is 35.3 Å². The SMILES string of the molecule is CN=C(NCCCN1CCCCC1C)NCCCS(=O)(=O)Cc1ccccc1.I. The zero-order valence-electron chi connectivity index (χ0n) is 17.8. The number of aliphatic imine (C=N–C) groups is 1. The summed E-state index contributed by atoms with van der Waals surface area (Å²) in [5.41, 5.74) is 0.843. The summed E-state index contributed by atoms with van der Waals surface area (Å²) in [5.74, 6) is 1.03. The van der Waals surface area contributed by atoms with Crippen molar-refractivity contribution in [3.05, 3.63) is 35.9 Å². The molecule has 0 saturated carbocycles. The summed E-state index contributed by atoms with van der Waals surface area (Å²) >= 11 is 0. The summed E-state index contributed by atoms with van der Waals surface area (Å²) in [6, 6.07) is 10.0. The minimum atomic E-state index is -3.08. The van der Waals surface area contributed by atoms with E-state index in [0.717, 1.165) is 31.0 Å². The van der Waals surface area contributed by atoms with Gasteiger partial charge in [0, 0.05) is 32.7 Å². The van der Waals surface area contributed by atoms with E-state index in [1.807, 2.05) is 30.3 Å². The molecule has 1 heterocycles. The zero-order chi connectivity index (χ0) is 20.2. The lowest BCUT2D eigenvalue weighted by molar-refractivity contribution is 0.159. The first-order valence-corrected chi connectivity index (χ1v) is 12.3. The summed E-state index contributed by atoms with van der Waals surface area (Å²) in [5, 5.41) is 6.54. The molecule has 1 aromatic carbocycles. The third kappa shape index (κ3) is 10.6. The molecule has 1 unspecified atom stereocenters. The van der Waals surface area contributed by atoms with Crippen LogP contribution in [-0.2, 0) is 15.6 Å². The lowest BCUT2D eigenvalue weighted by Gasteiger charge is -2.33. The van der Waals surface area contributed by atoms with Gasteiger partial charge in [0.15, 0.2) is 15.8 Å². The maximum Gasteiger partial charge on any atom is 0.190 e. The highest BCUT2D eigenvalue weighted by Crippen LogP contribution is 2.16. The standard InChI is InChI=1S/C21H36N4O2S.HI/c1-19-10-6-7-15-25(19)16-8-13-23-21(22-2)24-14-9-17-28(26,27)18-20-11-4-3-5-12-20;/h3-5,11-12,19H,6-10,13-18H2,1-2H3,(H2,22,23,24);1H. The fourth-order valence-electron chi connectivity index (χ4n) is 3.60. The van der Waals surface area contributed by atoms with Crippen molar-refractivity contribution in [3.63, 3.8) is 0 Å². The number of hydrogen-bond donors (Lipinski definition) is 2. The molecule has 2 N–H and O–H groups in total. The highest BCUT2D eigenvalue weighted by Gasteiger charge is 2.17. The molecule has 166 valence electrons. The summed E-state index contributed by atoms with van der Waals surface area (Å²) < 4.78 is 24.4. The van der Waals surface area contributed by atoms with Gasteiger partial charge in [0.25, 0.3) is 0 Å². The van der Waals surface area contributed by atoms with Crippen LogP contribution in [0.1, 0.15) is 44.6 Å². The van der Waals surface area contributed by atoms with Gasteiger partial charge in [-0.3, -0.25) is 4.99 Å². The smallest absolute Gasteiger partial charge is 0.190 e. The number of piperidine rings is 1. The van der Waals surface area contributed by atoms with Crippen molar-refractivity contribution in [3.8, 4) is 0 Å². The van der Waals surface area contributed by atoms with Gasteiger partial charge in [-0.05, 0) is 44.7 Å². The van der Waals surface area contributed by atoms with E-state index in [4.69, 9.17) is 0 Å². The van der Waals surface area contributed by atoms with Gasteiger partial charge in [-0.15, -0.1) is 24.0 Å². The van der Waals surface area contributed by atoms with E-state index in [1.165, 1.54) is 25.8 Å².